The Morgan fingerprint density at radius 2 is 1.82 bits per heavy atom. The molecule has 0 radical (unpaired) electrons. The summed E-state index contributed by atoms with van der Waals surface area (Å²) in [6.07, 6.45) is 4.95. The lowest BCUT2D eigenvalue weighted by Gasteiger charge is -2.37. The molecule has 2 heterocycles. The van der Waals surface area contributed by atoms with Crippen LogP contribution in [0.15, 0.2) is 5.16 Å². The van der Waals surface area contributed by atoms with Crippen LogP contribution in [0, 0.1) is 0 Å². The summed E-state index contributed by atoms with van der Waals surface area (Å²) in [4.78, 5) is 15.9. The van der Waals surface area contributed by atoms with Crippen LogP contribution in [-0.2, 0) is 0 Å². The van der Waals surface area contributed by atoms with Crippen molar-refractivity contribution < 1.29 is 10.0 Å². The van der Waals surface area contributed by atoms with Crippen LogP contribution in [-0.4, -0.2) is 52.5 Å². The zero-order valence-electron chi connectivity index (χ0n) is 10.0. The molecular formula is C11H20N4O2. The van der Waals surface area contributed by atoms with Crippen molar-refractivity contribution in [2.24, 2.45) is 10.9 Å². The molecule has 96 valence electrons. The van der Waals surface area contributed by atoms with Crippen LogP contribution in [0.3, 0.4) is 0 Å². The second-order valence-electron chi connectivity index (χ2n) is 4.71. The zero-order chi connectivity index (χ0) is 12.3. The van der Waals surface area contributed by atoms with Crippen molar-refractivity contribution in [3.8, 4) is 0 Å². The van der Waals surface area contributed by atoms with Crippen LogP contribution in [0.4, 0.5) is 4.79 Å². The van der Waals surface area contributed by atoms with E-state index in [0.717, 1.165) is 45.2 Å². The highest BCUT2D eigenvalue weighted by molar-refractivity contribution is 5.89. The van der Waals surface area contributed by atoms with Crippen molar-refractivity contribution in [3.63, 3.8) is 0 Å². The summed E-state index contributed by atoms with van der Waals surface area (Å²) in [5.41, 5.74) is 5.66. The first kappa shape index (κ1) is 12.0. The SMILES string of the molecule is NC(=NO)C1CCCCN1C(=O)N1CCCC1. The van der Waals surface area contributed by atoms with Crippen LogP contribution in [0.25, 0.3) is 0 Å². The molecule has 0 saturated carbocycles. The molecule has 6 nitrogen and oxygen atoms in total. The number of nitrogens with two attached hydrogens (primary N) is 1. The number of hydrogen-bond acceptors (Lipinski definition) is 3. The number of nitrogens with zero attached hydrogens (tertiary/aromatic N) is 3. The van der Waals surface area contributed by atoms with E-state index in [1.807, 2.05) is 4.90 Å². The van der Waals surface area contributed by atoms with Gasteiger partial charge in [0, 0.05) is 19.6 Å². The third kappa shape index (κ3) is 2.45. The summed E-state index contributed by atoms with van der Waals surface area (Å²) in [6.45, 7) is 2.37. The van der Waals surface area contributed by atoms with E-state index in [9.17, 15) is 4.79 Å². The number of carbonyl (C=O) groups is 1. The van der Waals surface area contributed by atoms with E-state index in [1.165, 1.54) is 0 Å². The van der Waals surface area contributed by atoms with Crippen LogP contribution in [0.5, 0.6) is 0 Å². The van der Waals surface area contributed by atoms with Gasteiger partial charge in [-0.2, -0.15) is 0 Å². The van der Waals surface area contributed by atoms with E-state index >= 15 is 0 Å². The summed E-state index contributed by atoms with van der Waals surface area (Å²) in [6, 6.07) is -0.194. The Hall–Kier alpha value is -1.46. The smallest absolute Gasteiger partial charge is 0.320 e. The molecule has 1 atom stereocenters. The summed E-state index contributed by atoms with van der Waals surface area (Å²) >= 11 is 0. The van der Waals surface area contributed by atoms with E-state index in [2.05, 4.69) is 5.16 Å². The maximum Gasteiger partial charge on any atom is 0.320 e. The van der Waals surface area contributed by atoms with E-state index in [0.29, 0.717) is 6.54 Å². The van der Waals surface area contributed by atoms with Gasteiger partial charge >= 0.3 is 6.03 Å². The van der Waals surface area contributed by atoms with Gasteiger partial charge in [0.1, 0.15) is 0 Å². The first-order valence-electron chi connectivity index (χ1n) is 6.27. The molecule has 0 spiro atoms. The minimum Gasteiger partial charge on any atom is -0.409 e. The molecule has 0 bridgehead atoms. The second-order valence-corrected chi connectivity index (χ2v) is 4.71. The van der Waals surface area contributed by atoms with E-state index in [-0.39, 0.29) is 17.9 Å². The van der Waals surface area contributed by atoms with Crippen molar-refractivity contribution >= 4 is 11.9 Å². The van der Waals surface area contributed by atoms with Gasteiger partial charge < -0.3 is 20.7 Å². The molecule has 1 unspecified atom stereocenters. The van der Waals surface area contributed by atoms with Crippen LogP contribution < -0.4 is 5.73 Å². The fourth-order valence-corrected chi connectivity index (χ4v) is 2.62. The van der Waals surface area contributed by atoms with Crippen molar-refractivity contribution in [1.82, 2.24) is 9.80 Å². The number of hydrogen-bond donors (Lipinski definition) is 2. The second kappa shape index (κ2) is 5.25. The van der Waals surface area contributed by atoms with Gasteiger partial charge in [-0.15, -0.1) is 0 Å². The third-order valence-corrected chi connectivity index (χ3v) is 3.58. The first-order valence-corrected chi connectivity index (χ1v) is 6.27. The fourth-order valence-electron chi connectivity index (χ4n) is 2.62. The molecule has 0 aliphatic carbocycles. The summed E-state index contributed by atoms with van der Waals surface area (Å²) in [5, 5.41) is 11.8. The Morgan fingerprint density at radius 3 is 2.47 bits per heavy atom. The summed E-state index contributed by atoms with van der Waals surface area (Å²) < 4.78 is 0. The van der Waals surface area contributed by atoms with Gasteiger partial charge in [-0.25, -0.2) is 4.79 Å². The quantitative estimate of drug-likeness (QED) is 0.308. The van der Waals surface area contributed by atoms with Gasteiger partial charge in [0.15, 0.2) is 5.84 Å². The molecule has 0 aromatic heterocycles. The highest BCUT2D eigenvalue weighted by Crippen LogP contribution is 2.20. The average molecular weight is 240 g/mol. The number of amidine groups is 1. The minimum absolute atomic E-state index is 0.0406. The number of amides is 2. The molecule has 17 heavy (non-hydrogen) atoms. The van der Waals surface area contributed by atoms with Gasteiger partial charge in [0.05, 0.1) is 6.04 Å². The molecule has 0 aromatic rings. The van der Waals surface area contributed by atoms with Crippen LogP contribution in [0.1, 0.15) is 32.1 Å². The van der Waals surface area contributed by atoms with E-state index < -0.39 is 0 Å². The van der Waals surface area contributed by atoms with Gasteiger partial charge in [0.2, 0.25) is 0 Å². The van der Waals surface area contributed by atoms with Crippen LogP contribution >= 0.6 is 0 Å². The number of urea groups is 1. The molecule has 2 amide bonds. The Labute approximate surface area is 101 Å². The highest BCUT2D eigenvalue weighted by Gasteiger charge is 2.33. The molecular weight excluding hydrogens is 220 g/mol. The molecule has 2 saturated heterocycles. The standard InChI is InChI=1S/C11H20N4O2/c12-10(13-17)9-5-1-2-8-15(9)11(16)14-6-3-4-7-14/h9,17H,1-8H2,(H2,12,13). The number of likely N-dealkylation sites (tertiary alicyclic amines) is 2. The number of piperidine rings is 1. The molecule has 3 N–H and O–H groups in total. The average Bonchev–Trinajstić information content (AvgIpc) is 2.91. The van der Waals surface area contributed by atoms with E-state index in [1.54, 1.807) is 4.90 Å². The zero-order valence-corrected chi connectivity index (χ0v) is 10.0. The number of carbonyl (C=O) groups excluding carboxylic acids is 1. The molecule has 2 rings (SSSR count). The maximum atomic E-state index is 12.3. The molecule has 6 heteroatoms. The Morgan fingerprint density at radius 1 is 1.18 bits per heavy atom. The lowest BCUT2D eigenvalue weighted by molar-refractivity contribution is 0.139. The van der Waals surface area contributed by atoms with Crippen molar-refractivity contribution in [2.45, 2.75) is 38.1 Å². The number of oxime groups is 1. The van der Waals surface area contributed by atoms with Gasteiger partial charge in [-0.1, -0.05) is 5.16 Å². The Bertz CT molecular complexity index is 313. The minimum atomic E-state index is -0.234. The third-order valence-electron chi connectivity index (χ3n) is 3.58. The van der Waals surface area contributed by atoms with Crippen molar-refractivity contribution in [3.05, 3.63) is 0 Å². The van der Waals surface area contributed by atoms with Crippen molar-refractivity contribution in [2.75, 3.05) is 19.6 Å². The topological polar surface area (TPSA) is 82.2 Å². The number of rotatable bonds is 1. The molecule has 0 aromatic carbocycles. The van der Waals surface area contributed by atoms with Gasteiger partial charge in [0.25, 0.3) is 0 Å². The molecule has 2 aliphatic rings. The van der Waals surface area contributed by atoms with E-state index in [4.69, 9.17) is 10.9 Å². The van der Waals surface area contributed by atoms with Gasteiger partial charge in [-0.05, 0) is 32.1 Å². The lowest BCUT2D eigenvalue weighted by Crippen LogP contribution is -2.54. The monoisotopic (exact) mass is 240 g/mol. The maximum absolute atomic E-state index is 12.3. The highest BCUT2D eigenvalue weighted by atomic mass is 16.4. The largest absolute Gasteiger partial charge is 0.409 e. The lowest BCUT2D eigenvalue weighted by atomic mass is 10.0. The predicted molar refractivity (Wildman–Crippen MR) is 64.0 cm³/mol. The molecule has 2 fully saturated rings. The fraction of sp³-hybridized carbons (Fsp3) is 0.818. The van der Waals surface area contributed by atoms with Crippen LogP contribution in [0.2, 0.25) is 0 Å². The van der Waals surface area contributed by atoms with Crippen molar-refractivity contribution in [1.29, 1.82) is 0 Å². The first-order chi connectivity index (χ1) is 8.24. The summed E-state index contributed by atoms with van der Waals surface area (Å²) in [5.74, 6) is 0.150. The normalized spacial score (nSPS) is 26.4. The Balaban J connectivity index is 2.07. The summed E-state index contributed by atoms with van der Waals surface area (Å²) in [7, 11) is 0. The van der Waals surface area contributed by atoms with Gasteiger partial charge in [-0.3, -0.25) is 0 Å². The molecule has 2 aliphatic heterocycles. The Kier molecular flexibility index (Phi) is 3.71. The predicted octanol–water partition coefficient (Wildman–Crippen LogP) is 0.803.